The minimum Gasteiger partial charge on any atom is -0.353 e. The summed E-state index contributed by atoms with van der Waals surface area (Å²) < 4.78 is 6.58. The summed E-state index contributed by atoms with van der Waals surface area (Å²) in [6, 6.07) is 0. The normalized spacial score (nSPS) is 24.7. The molecule has 0 unspecified atom stereocenters. The largest absolute Gasteiger partial charge is 0.353 e. The van der Waals surface area contributed by atoms with E-state index in [1.165, 1.54) is 64.2 Å². The Morgan fingerprint density at radius 3 is 1.44 bits per heavy atom. The fourth-order valence-electron chi connectivity index (χ4n) is 3.43. The molecule has 0 radical (unpaired) electrons. The summed E-state index contributed by atoms with van der Waals surface area (Å²) >= 11 is 0. The molecular formula is C16H31OP. The zero-order chi connectivity index (χ0) is 13.0. The molecule has 18 heavy (non-hydrogen) atoms. The summed E-state index contributed by atoms with van der Waals surface area (Å²) in [4.78, 5) is 0. The predicted molar refractivity (Wildman–Crippen MR) is 81.5 cm³/mol. The SMILES string of the molecule is CC(C)(C)OP(C1CCCCC1)C1CCCCC1. The van der Waals surface area contributed by atoms with E-state index < -0.39 is 0 Å². The van der Waals surface area contributed by atoms with Gasteiger partial charge in [-0.05, 0) is 46.5 Å². The maximum absolute atomic E-state index is 6.58. The van der Waals surface area contributed by atoms with Crippen LogP contribution in [0.15, 0.2) is 0 Å². The third-order valence-electron chi connectivity index (χ3n) is 4.25. The van der Waals surface area contributed by atoms with Crippen LogP contribution in [0.2, 0.25) is 0 Å². The highest BCUT2D eigenvalue weighted by Crippen LogP contribution is 2.58. The third-order valence-corrected chi connectivity index (χ3v) is 7.48. The average Bonchev–Trinajstić information content (AvgIpc) is 2.37. The molecule has 0 heterocycles. The molecule has 2 fully saturated rings. The van der Waals surface area contributed by atoms with Crippen molar-refractivity contribution in [3.63, 3.8) is 0 Å². The van der Waals surface area contributed by atoms with Gasteiger partial charge in [-0.1, -0.05) is 38.5 Å². The lowest BCUT2D eigenvalue weighted by Gasteiger charge is -2.40. The fraction of sp³-hybridized carbons (Fsp3) is 1.00. The first-order valence-electron chi connectivity index (χ1n) is 8.04. The van der Waals surface area contributed by atoms with Crippen molar-refractivity contribution in [2.24, 2.45) is 0 Å². The van der Waals surface area contributed by atoms with Crippen LogP contribution in [0.1, 0.15) is 85.0 Å². The van der Waals surface area contributed by atoms with Crippen molar-refractivity contribution < 1.29 is 4.52 Å². The van der Waals surface area contributed by atoms with Crippen LogP contribution in [0.5, 0.6) is 0 Å². The van der Waals surface area contributed by atoms with Gasteiger partial charge in [0.05, 0.1) is 5.60 Å². The van der Waals surface area contributed by atoms with Crippen molar-refractivity contribution >= 4 is 8.15 Å². The molecule has 2 saturated carbocycles. The maximum atomic E-state index is 6.58. The first-order valence-corrected chi connectivity index (χ1v) is 9.43. The molecule has 0 atom stereocenters. The molecule has 0 spiro atoms. The van der Waals surface area contributed by atoms with Gasteiger partial charge < -0.3 is 4.52 Å². The Hall–Kier alpha value is 0.390. The summed E-state index contributed by atoms with van der Waals surface area (Å²) in [5.41, 5.74) is 1.88. The van der Waals surface area contributed by atoms with Gasteiger partial charge >= 0.3 is 0 Å². The Balaban J connectivity index is 2.00. The quantitative estimate of drug-likeness (QED) is 0.583. The lowest BCUT2D eigenvalue weighted by Crippen LogP contribution is -2.27. The van der Waals surface area contributed by atoms with Gasteiger partial charge in [0.1, 0.15) is 0 Å². The van der Waals surface area contributed by atoms with Gasteiger partial charge in [0.15, 0.2) is 0 Å². The van der Waals surface area contributed by atoms with E-state index in [0.29, 0.717) is 0 Å². The molecule has 106 valence electrons. The summed E-state index contributed by atoms with van der Waals surface area (Å²) in [7, 11) is -0.185. The molecule has 0 bridgehead atoms. The zero-order valence-corrected chi connectivity index (χ0v) is 13.5. The van der Waals surface area contributed by atoms with Crippen LogP contribution in [-0.2, 0) is 4.52 Å². The molecule has 0 aromatic heterocycles. The van der Waals surface area contributed by atoms with Crippen molar-refractivity contribution in [3.05, 3.63) is 0 Å². The van der Waals surface area contributed by atoms with Gasteiger partial charge in [-0.15, -0.1) is 0 Å². The Morgan fingerprint density at radius 2 is 1.11 bits per heavy atom. The first kappa shape index (κ1) is 14.8. The molecule has 2 rings (SSSR count). The summed E-state index contributed by atoms with van der Waals surface area (Å²) in [6.07, 6.45) is 14.5. The van der Waals surface area contributed by atoms with Crippen LogP contribution < -0.4 is 0 Å². The number of rotatable bonds is 3. The number of hydrogen-bond acceptors (Lipinski definition) is 1. The monoisotopic (exact) mass is 270 g/mol. The Kier molecular flexibility index (Phi) is 5.51. The van der Waals surface area contributed by atoms with E-state index >= 15 is 0 Å². The van der Waals surface area contributed by atoms with E-state index in [4.69, 9.17) is 4.52 Å². The van der Waals surface area contributed by atoms with Gasteiger partial charge in [0, 0.05) is 19.5 Å². The smallest absolute Gasteiger partial charge is 0.0641 e. The van der Waals surface area contributed by atoms with Crippen molar-refractivity contribution in [1.29, 1.82) is 0 Å². The Labute approximate surface area is 115 Å². The molecule has 1 nitrogen and oxygen atoms in total. The van der Waals surface area contributed by atoms with E-state index in [2.05, 4.69) is 20.8 Å². The molecule has 2 aliphatic carbocycles. The van der Waals surface area contributed by atoms with E-state index in [1.807, 2.05) is 0 Å². The molecule has 0 saturated heterocycles. The molecule has 0 aliphatic heterocycles. The van der Waals surface area contributed by atoms with Crippen LogP contribution in [-0.4, -0.2) is 16.9 Å². The van der Waals surface area contributed by atoms with Gasteiger partial charge in [-0.3, -0.25) is 0 Å². The van der Waals surface area contributed by atoms with Gasteiger partial charge in [-0.2, -0.15) is 0 Å². The van der Waals surface area contributed by atoms with E-state index in [-0.39, 0.29) is 13.7 Å². The summed E-state index contributed by atoms with van der Waals surface area (Å²) in [6.45, 7) is 6.73. The fourth-order valence-corrected chi connectivity index (χ4v) is 6.71. The predicted octanol–water partition coefficient (Wildman–Crippen LogP) is 5.86. The van der Waals surface area contributed by atoms with E-state index in [0.717, 1.165) is 11.3 Å². The van der Waals surface area contributed by atoms with Crippen molar-refractivity contribution in [1.82, 2.24) is 0 Å². The van der Waals surface area contributed by atoms with Crippen molar-refractivity contribution in [2.75, 3.05) is 0 Å². The third kappa shape index (κ3) is 4.49. The molecule has 2 heteroatoms. The van der Waals surface area contributed by atoms with Crippen molar-refractivity contribution in [3.8, 4) is 0 Å². The molecule has 0 aromatic carbocycles. The Bertz CT molecular complexity index is 216. The minimum absolute atomic E-state index is 0.0561. The summed E-state index contributed by atoms with van der Waals surface area (Å²) in [5, 5.41) is 0. The van der Waals surface area contributed by atoms with Gasteiger partial charge in [0.25, 0.3) is 0 Å². The van der Waals surface area contributed by atoms with E-state index in [9.17, 15) is 0 Å². The highest BCUT2D eigenvalue weighted by Gasteiger charge is 2.34. The zero-order valence-electron chi connectivity index (χ0n) is 12.6. The molecule has 0 amide bonds. The highest BCUT2D eigenvalue weighted by molar-refractivity contribution is 7.54. The minimum atomic E-state index is -0.185. The highest BCUT2D eigenvalue weighted by atomic mass is 31.1. The molecule has 0 aromatic rings. The lowest BCUT2D eigenvalue weighted by atomic mass is 10.00. The van der Waals surface area contributed by atoms with Crippen LogP contribution in [0.4, 0.5) is 0 Å². The van der Waals surface area contributed by atoms with Crippen LogP contribution in [0.3, 0.4) is 0 Å². The van der Waals surface area contributed by atoms with E-state index in [1.54, 1.807) is 0 Å². The average molecular weight is 270 g/mol. The second-order valence-electron chi connectivity index (χ2n) is 7.15. The Morgan fingerprint density at radius 1 is 0.722 bits per heavy atom. The van der Waals surface area contributed by atoms with Crippen LogP contribution >= 0.6 is 8.15 Å². The van der Waals surface area contributed by atoms with Gasteiger partial charge in [-0.25, -0.2) is 0 Å². The molecule has 0 N–H and O–H groups in total. The second-order valence-corrected chi connectivity index (χ2v) is 9.51. The van der Waals surface area contributed by atoms with Crippen LogP contribution in [0, 0.1) is 0 Å². The number of hydrogen-bond donors (Lipinski definition) is 0. The standard InChI is InChI=1S/C16H31OP/c1-16(2,3)17-18(14-10-6-4-7-11-14)15-12-8-5-9-13-15/h14-15H,4-13H2,1-3H3. The lowest BCUT2D eigenvalue weighted by molar-refractivity contribution is 0.142. The van der Waals surface area contributed by atoms with Crippen molar-refractivity contribution in [2.45, 2.75) is 102 Å². The molecular weight excluding hydrogens is 239 g/mol. The topological polar surface area (TPSA) is 9.23 Å². The second kappa shape index (κ2) is 6.71. The maximum Gasteiger partial charge on any atom is 0.0641 e. The van der Waals surface area contributed by atoms with Crippen LogP contribution in [0.25, 0.3) is 0 Å². The van der Waals surface area contributed by atoms with Gasteiger partial charge in [0.2, 0.25) is 0 Å². The molecule has 2 aliphatic rings. The first-order chi connectivity index (χ1) is 8.56. The summed E-state index contributed by atoms with van der Waals surface area (Å²) in [5.74, 6) is 0.